The summed E-state index contributed by atoms with van der Waals surface area (Å²) in [6.45, 7) is 0. The van der Waals surface area contributed by atoms with Crippen LogP contribution in [0.2, 0.25) is 0 Å². The molecule has 0 saturated carbocycles. The number of fused-ring (bicyclic) bond motifs is 3. The Kier molecular flexibility index (Phi) is 1.54. The minimum absolute atomic E-state index is 1.31. The summed E-state index contributed by atoms with van der Waals surface area (Å²) in [6, 6.07) is 21.4. The summed E-state index contributed by atoms with van der Waals surface area (Å²) in [5, 5.41) is 5.30. The molecule has 0 nitrogen and oxygen atoms in total. The zero-order valence-electron chi connectivity index (χ0n) is 7.77. The third-order valence-electron chi connectivity index (χ3n) is 2.65. The van der Waals surface area contributed by atoms with Gasteiger partial charge in [0.25, 0.3) is 0 Å². The van der Waals surface area contributed by atoms with Crippen LogP contribution in [0.3, 0.4) is 0 Å². The van der Waals surface area contributed by atoms with E-state index in [2.05, 4.69) is 60.7 Å². The van der Waals surface area contributed by atoms with Gasteiger partial charge in [0.1, 0.15) is 0 Å². The Balaban J connectivity index is 2.61. The molecule has 0 radical (unpaired) electrons. The van der Waals surface area contributed by atoms with Gasteiger partial charge in [0.2, 0.25) is 0 Å². The van der Waals surface area contributed by atoms with E-state index in [9.17, 15) is 0 Å². The smallest absolute Gasteiger partial charge is 0.0105 e. The average molecular weight is 191 g/mol. The minimum atomic E-state index is 1.31. The summed E-state index contributed by atoms with van der Waals surface area (Å²) in [5.41, 5.74) is 0. The van der Waals surface area contributed by atoms with Gasteiger partial charge in [-0.15, -0.1) is 0 Å². The Bertz CT molecular complexity index is 539. The van der Waals surface area contributed by atoms with E-state index in [1.807, 2.05) is 0 Å². The van der Waals surface area contributed by atoms with Gasteiger partial charge in [0, 0.05) is 0 Å². The predicted octanol–water partition coefficient (Wildman–Crippen LogP) is 3.99. The van der Waals surface area contributed by atoms with Crippen LogP contribution in [-0.2, 0) is 0 Å². The van der Waals surface area contributed by atoms with Gasteiger partial charge >= 0.3 is 0 Å². The third kappa shape index (κ3) is 1.01. The molecule has 0 heterocycles. The topological polar surface area (TPSA) is 0 Å². The summed E-state index contributed by atoms with van der Waals surface area (Å²) in [6.07, 6.45) is 0. The highest BCUT2D eigenvalue weighted by atomic mass is 15.0. The second-order valence-corrected chi connectivity index (χ2v) is 3.51. The summed E-state index contributed by atoms with van der Waals surface area (Å²) in [4.78, 5) is 0. The summed E-state index contributed by atoms with van der Waals surface area (Å²) < 4.78 is 0. The lowest BCUT2D eigenvalue weighted by atomic mass is 10.9. The molecule has 3 aromatic carbocycles. The zero-order valence-corrected chi connectivity index (χ0v) is 7.77. The second-order valence-electron chi connectivity index (χ2n) is 3.51. The first kappa shape index (κ1) is 7.57. The van der Waals surface area contributed by atoms with Crippen LogP contribution in [0, 0.1) is 0 Å². The van der Waals surface area contributed by atoms with E-state index in [-0.39, 0.29) is 0 Å². The van der Waals surface area contributed by atoms with Crippen LogP contribution in [0.4, 0.5) is 0 Å². The number of benzene rings is 3. The molecular weight excluding hydrogens is 181 g/mol. The van der Waals surface area contributed by atoms with Crippen molar-refractivity contribution in [3.63, 3.8) is 0 Å². The van der Waals surface area contributed by atoms with Crippen molar-refractivity contribution in [1.29, 1.82) is 0 Å². The van der Waals surface area contributed by atoms with Crippen molar-refractivity contribution in [2.24, 2.45) is 0 Å². The van der Waals surface area contributed by atoms with Crippen LogP contribution < -0.4 is 0 Å². The molecule has 3 rings (SSSR count). The second kappa shape index (κ2) is 2.85. The molecule has 0 atom stereocenters. The van der Waals surface area contributed by atoms with Gasteiger partial charge in [0.05, 0.1) is 0 Å². The fraction of sp³-hybridized carbons (Fsp3) is 0. The van der Waals surface area contributed by atoms with Gasteiger partial charge in [-0.25, -0.2) is 0 Å². The fourth-order valence-electron chi connectivity index (χ4n) is 1.95. The van der Waals surface area contributed by atoms with E-state index in [1.165, 1.54) is 21.5 Å². The van der Waals surface area contributed by atoms with Crippen LogP contribution in [0.1, 0.15) is 0 Å². The van der Waals surface area contributed by atoms with Gasteiger partial charge in [-0.3, -0.25) is 0 Å². The molecule has 0 bridgehead atoms. The maximum absolute atomic E-state index is 2.18. The molecule has 0 spiro atoms. The normalized spacial score (nSPS) is 10.9. The Hall–Kier alpha value is -1.82. The molecule has 0 aliphatic carbocycles. The van der Waals surface area contributed by atoms with Crippen LogP contribution in [0.25, 0.3) is 21.5 Å². The van der Waals surface area contributed by atoms with Gasteiger partial charge in [-0.1, -0.05) is 60.7 Å². The van der Waals surface area contributed by atoms with Crippen LogP contribution in [0.5, 0.6) is 0 Å². The first-order valence-corrected chi connectivity index (χ1v) is 4.82. The van der Waals surface area contributed by atoms with Gasteiger partial charge < -0.3 is 0 Å². The van der Waals surface area contributed by atoms with Crippen molar-refractivity contribution < 1.29 is 0 Å². The lowest BCUT2D eigenvalue weighted by molar-refractivity contribution is 1.76. The van der Waals surface area contributed by atoms with Crippen molar-refractivity contribution in [3.05, 3.63) is 60.7 Å². The number of hydrogen-bond donors (Lipinski definition) is 0. The monoisotopic (exact) mass is 191 g/mol. The van der Waals surface area contributed by atoms with Crippen molar-refractivity contribution >= 4 is 21.5 Å². The van der Waals surface area contributed by atoms with Gasteiger partial charge in [0.15, 0.2) is 0 Å². The van der Waals surface area contributed by atoms with Gasteiger partial charge in [-0.05, 0) is 21.5 Å². The first-order valence-electron chi connectivity index (χ1n) is 4.82. The Morgan fingerprint density at radius 2 is 0.857 bits per heavy atom. The number of hydrogen-bond acceptors (Lipinski definition) is 0. The Labute approximate surface area is 82.8 Å². The molecule has 0 aliphatic rings. The van der Waals surface area contributed by atoms with Crippen molar-refractivity contribution in [2.75, 3.05) is 0 Å². The molecule has 0 aliphatic heterocycles. The van der Waals surface area contributed by atoms with Crippen molar-refractivity contribution in [3.8, 4) is 0 Å². The van der Waals surface area contributed by atoms with Crippen molar-refractivity contribution in [2.45, 2.75) is 0 Å². The molecule has 66 valence electrons. The highest BCUT2D eigenvalue weighted by molar-refractivity contribution is 6.07. The molecule has 0 heteroatoms. The standard InChI is InChI=1S/C14H10/c1-3-7-13-11(5-1)9-10-12-6-2-4-8-14(12)13/h1-10H/i1+1,2+1,3+1,4+1,5+1,7+1,8+1,9+1,10+1,11+1,12+1,13+1,14+1. The summed E-state index contributed by atoms with van der Waals surface area (Å²) in [5.74, 6) is 0. The van der Waals surface area contributed by atoms with Gasteiger partial charge in [-0.2, -0.15) is 0 Å². The zero-order chi connectivity index (χ0) is 9.38. The SMILES string of the molecule is c1[13cH][13cH][13cH][13c]2[13c]1[13cH][13cH][13c]1[13cH][13cH][13cH][13cH][13c]12. The highest BCUT2D eigenvalue weighted by Crippen LogP contribution is 2.24. The minimum Gasteiger partial charge on any atom is -0.0616 e. The fourth-order valence-corrected chi connectivity index (χ4v) is 1.95. The summed E-state index contributed by atoms with van der Waals surface area (Å²) in [7, 11) is 0. The Morgan fingerprint density at radius 3 is 1.36 bits per heavy atom. The van der Waals surface area contributed by atoms with E-state index in [0.717, 1.165) is 0 Å². The van der Waals surface area contributed by atoms with Crippen LogP contribution >= 0.6 is 0 Å². The predicted molar refractivity (Wildman–Crippen MR) is 61.5 cm³/mol. The lowest BCUT2D eigenvalue weighted by Crippen LogP contribution is -1.75. The van der Waals surface area contributed by atoms with E-state index in [0.29, 0.717) is 0 Å². The highest BCUT2D eigenvalue weighted by Gasteiger charge is 1.97. The Morgan fingerprint density at radius 1 is 0.429 bits per heavy atom. The molecule has 0 aromatic heterocycles. The van der Waals surface area contributed by atoms with Crippen LogP contribution in [0.15, 0.2) is 60.7 Å². The van der Waals surface area contributed by atoms with E-state index < -0.39 is 0 Å². The van der Waals surface area contributed by atoms with E-state index in [4.69, 9.17) is 0 Å². The molecule has 0 unspecified atom stereocenters. The molecule has 14 heavy (non-hydrogen) atoms. The molecule has 0 fully saturated rings. The third-order valence-corrected chi connectivity index (χ3v) is 2.65. The maximum atomic E-state index is 2.18. The van der Waals surface area contributed by atoms with Crippen LogP contribution in [-0.4, -0.2) is 0 Å². The quantitative estimate of drug-likeness (QED) is 0.471. The molecule has 0 amide bonds. The number of rotatable bonds is 0. The average Bonchev–Trinajstić information content (AvgIpc) is 2.29. The summed E-state index contributed by atoms with van der Waals surface area (Å²) >= 11 is 0. The molecule has 0 saturated heterocycles. The molecule has 0 N–H and O–H groups in total. The van der Waals surface area contributed by atoms with Crippen molar-refractivity contribution in [1.82, 2.24) is 0 Å². The largest absolute Gasteiger partial charge is 0.0616 e. The van der Waals surface area contributed by atoms with E-state index in [1.54, 1.807) is 0 Å². The molecular formula is C14H10. The first-order chi connectivity index (χ1) is 6.95. The molecule has 3 aromatic rings. The van der Waals surface area contributed by atoms with E-state index >= 15 is 0 Å². The maximum Gasteiger partial charge on any atom is -0.0105 e. The lowest BCUT2D eigenvalue weighted by Gasteiger charge is -2.02.